The zero-order valence-corrected chi connectivity index (χ0v) is 15.2. The van der Waals surface area contributed by atoms with Crippen molar-refractivity contribution in [3.05, 3.63) is 36.0 Å². The zero-order valence-electron chi connectivity index (χ0n) is 15.2. The van der Waals surface area contributed by atoms with Crippen LogP contribution in [0, 0.1) is 0 Å². The third-order valence-electron chi connectivity index (χ3n) is 4.02. The lowest BCUT2D eigenvalue weighted by molar-refractivity contribution is 0.340. The summed E-state index contributed by atoms with van der Waals surface area (Å²) in [6, 6.07) is 9.99. The summed E-state index contributed by atoms with van der Waals surface area (Å²) in [5, 5.41) is 6.71. The molecule has 1 aliphatic carbocycles. The molecular formula is C19H27N5O. The Morgan fingerprint density at radius 2 is 1.92 bits per heavy atom. The maximum atomic E-state index is 5.49. The molecule has 25 heavy (non-hydrogen) atoms. The Hall–Kier alpha value is -2.34. The second-order valence-corrected chi connectivity index (χ2v) is 6.59. The topological polar surface area (TPSA) is 62.3 Å². The first-order valence-electron chi connectivity index (χ1n) is 8.91. The van der Waals surface area contributed by atoms with E-state index in [1.807, 2.05) is 31.2 Å². The maximum Gasteiger partial charge on any atom is 0.224 e. The molecule has 0 spiro atoms. The third-order valence-corrected chi connectivity index (χ3v) is 4.02. The highest BCUT2D eigenvalue weighted by Gasteiger charge is 2.26. The van der Waals surface area contributed by atoms with Gasteiger partial charge in [0.1, 0.15) is 11.6 Å². The fraction of sp³-hybridized carbons (Fsp3) is 0.474. The highest BCUT2D eigenvalue weighted by atomic mass is 16.5. The van der Waals surface area contributed by atoms with Crippen LogP contribution >= 0.6 is 0 Å². The lowest BCUT2D eigenvalue weighted by Gasteiger charge is -2.13. The summed E-state index contributed by atoms with van der Waals surface area (Å²) in [6.45, 7) is 4.42. The van der Waals surface area contributed by atoms with Crippen LogP contribution in [0.3, 0.4) is 0 Å². The lowest BCUT2D eigenvalue weighted by Crippen LogP contribution is -2.21. The van der Waals surface area contributed by atoms with Crippen LogP contribution in [0.5, 0.6) is 5.75 Å². The number of anilines is 3. The molecule has 1 heterocycles. The van der Waals surface area contributed by atoms with Gasteiger partial charge in [0.25, 0.3) is 0 Å². The number of hydrogen-bond donors (Lipinski definition) is 2. The Kier molecular flexibility index (Phi) is 5.71. The number of hydrogen-bond acceptors (Lipinski definition) is 6. The fourth-order valence-electron chi connectivity index (χ4n) is 2.54. The van der Waals surface area contributed by atoms with Gasteiger partial charge in [-0.3, -0.25) is 0 Å². The fourth-order valence-corrected chi connectivity index (χ4v) is 2.54. The van der Waals surface area contributed by atoms with Crippen molar-refractivity contribution in [3.8, 4) is 5.75 Å². The molecule has 134 valence electrons. The first-order valence-corrected chi connectivity index (χ1v) is 8.91. The van der Waals surface area contributed by atoms with Gasteiger partial charge in [-0.05, 0) is 58.1 Å². The van der Waals surface area contributed by atoms with Crippen molar-refractivity contribution in [2.24, 2.45) is 0 Å². The van der Waals surface area contributed by atoms with E-state index in [0.717, 1.165) is 36.0 Å². The van der Waals surface area contributed by atoms with Crippen LogP contribution in [0.15, 0.2) is 30.3 Å². The SMILES string of the molecule is CCOc1ccc(Nc2cc(C3CC3)nc(NCCN(C)C)n2)cc1. The minimum absolute atomic E-state index is 0.582. The minimum Gasteiger partial charge on any atom is -0.494 e. The molecule has 0 atom stereocenters. The summed E-state index contributed by atoms with van der Waals surface area (Å²) < 4.78 is 5.49. The molecule has 1 aliphatic rings. The van der Waals surface area contributed by atoms with Crippen molar-refractivity contribution in [3.63, 3.8) is 0 Å². The summed E-state index contributed by atoms with van der Waals surface area (Å²) in [5.41, 5.74) is 2.11. The molecule has 0 bridgehead atoms. The van der Waals surface area contributed by atoms with Crippen LogP contribution in [0.25, 0.3) is 0 Å². The van der Waals surface area contributed by atoms with E-state index in [4.69, 9.17) is 4.74 Å². The van der Waals surface area contributed by atoms with Gasteiger partial charge < -0.3 is 20.3 Å². The molecule has 6 heteroatoms. The number of likely N-dealkylation sites (N-methyl/N-ethyl adjacent to an activating group) is 1. The molecule has 1 saturated carbocycles. The monoisotopic (exact) mass is 341 g/mol. The standard InChI is InChI=1S/C19H27N5O/c1-4-25-16-9-7-15(8-10-16)21-18-13-17(14-5-6-14)22-19(23-18)20-11-12-24(2)3/h7-10,13-14H,4-6,11-12H2,1-3H3,(H2,20,21,22,23). The third kappa shape index (κ3) is 5.32. The number of nitrogens with one attached hydrogen (secondary N) is 2. The first-order chi connectivity index (χ1) is 12.1. The average Bonchev–Trinajstić information content (AvgIpc) is 3.41. The Morgan fingerprint density at radius 3 is 2.56 bits per heavy atom. The molecule has 0 unspecified atom stereocenters. The van der Waals surface area contributed by atoms with Gasteiger partial charge >= 0.3 is 0 Å². The lowest BCUT2D eigenvalue weighted by atomic mass is 10.2. The van der Waals surface area contributed by atoms with Crippen molar-refractivity contribution in [2.45, 2.75) is 25.7 Å². The molecule has 6 nitrogen and oxygen atoms in total. The number of nitrogens with zero attached hydrogens (tertiary/aromatic N) is 3. The van der Waals surface area contributed by atoms with Crippen LogP contribution < -0.4 is 15.4 Å². The van der Waals surface area contributed by atoms with Gasteiger partial charge in [0.05, 0.1) is 12.3 Å². The minimum atomic E-state index is 0.582. The number of benzene rings is 1. The number of rotatable bonds is 9. The summed E-state index contributed by atoms with van der Waals surface area (Å²) in [5.74, 6) is 2.98. The van der Waals surface area contributed by atoms with Crippen molar-refractivity contribution in [1.82, 2.24) is 14.9 Å². The van der Waals surface area contributed by atoms with Crippen molar-refractivity contribution >= 4 is 17.5 Å². The van der Waals surface area contributed by atoms with E-state index in [1.54, 1.807) is 0 Å². The van der Waals surface area contributed by atoms with Crippen LogP contribution in [-0.2, 0) is 0 Å². The quantitative estimate of drug-likeness (QED) is 0.728. The molecule has 1 aromatic carbocycles. The first kappa shape index (κ1) is 17.5. The van der Waals surface area contributed by atoms with Gasteiger partial charge in [-0.2, -0.15) is 4.98 Å². The molecule has 0 saturated heterocycles. The normalized spacial score (nSPS) is 13.8. The molecule has 3 rings (SSSR count). The molecule has 0 amide bonds. The van der Waals surface area contributed by atoms with E-state index in [1.165, 1.54) is 12.8 Å². The van der Waals surface area contributed by atoms with Gasteiger partial charge in [0.2, 0.25) is 5.95 Å². The van der Waals surface area contributed by atoms with Gasteiger partial charge in [0.15, 0.2) is 0 Å². The Labute approximate surface area is 149 Å². The van der Waals surface area contributed by atoms with Crippen molar-refractivity contribution < 1.29 is 4.74 Å². The maximum absolute atomic E-state index is 5.49. The Morgan fingerprint density at radius 1 is 1.16 bits per heavy atom. The number of aromatic nitrogens is 2. The van der Waals surface area contributed by atoms with E-state index >= 15 is 0 Å². The van der Waals surface area contributed by atoms with Gasteiger partial charge in [-0.15, -0.1) is 0 Å². The largest absolute Gasteiger partial charge is 0.494 e. The van der Waals surface area contributed by atoms with E-state index in [0.29, 0.717) is 18.5 Å². The predicted octanol–water partition coefficient (Wildman–Crippen LogP) is 3.47. The molecule has 2 N–H and O–H groups in total. The highest BCUT2D eigenvalue weighted by Crippen LogP contribution is 2.40. The van der Waals surface area contributed by atoms with Crippen molar-refractivity contribution in [1.29, 1.82) is 0 Å². The Balaban J connectivity index is 1.71. The van der Waals surface area contributed by atoms with E-state index in [2.05, 4.69) is 45.7 Å². The smallest absolute Gasteiger partial charge is 0.224 e. The summed E-state index contributed by atoms with van der Waals surface area (Å²) in [4.78, 5) is 11.4. The molecular weight excluding hydrogens is 314 g/mol. The Bertz CT molecular complexity index is 683. The van der Waals surface area contributed by atoms with Gasteiger partial charge in [-0.1, -0.05) is 0 Å². The van der Waals surface area contributed by atoms with Crippen LogP contribution in [0.4, 0.5) is 17.5 Å². The summed E-state index contributed by atoms with van der Waals surface area (Å²) >= 11 is 0. The van der Waals surface area contributed by atoms with Crippen molar-refractivity contribution in [2.75, 3.05) is 44.4 Å². The second-order valence-electron chi connectivity index (χ2n) is 6.59. The summed E-state index contributed by atoms with van der Waals surface area (Å²) in [6.07, 6.45) is 2.44. The zero-order chi connectivity index (χ0) is 17.6. The predicted molar refractivity (Wildman–Crippen MR) is 102 cm³/mol. The number of ether oxygens (including phenoxy) is 1. The van der Waals surface area contributed by atoms with Crippen LogP contribution in [0.1, 0.15) is 31.4 Å². The average molecular weight is 341 g/mol. The van der Waals surface area contributed by atoms with E-state index < -0.39 is 0 Å². The van der Waals surface area contributed by atoms with Gasteiger partial charge in [-0.25, -0.2) is 4.98 Å². The summed E-state index contributed by atoms with van der Waals surface area (Å²) in [7, 11) is 4.12. The van der Waals surface area contributed by atoms with Crippen LogP contribution in [0.2, 0.25) is 0 Å². The molecule has 0 aliphatic heterocycles. The van der Waals surface area contributed by atoms with E-state index in [9.17, 15) is 0 Å². The second kappa shape index (κ2) is 8.16. The molecule has 0 radical (unpaired) electrons. The molecule has 1 aromatic heterocycles. The van der Waals surface area contributed by atoms with Crippen LogP contribution in [-0.4, -0.2) is 48.7 Å². The highest BCUT2D eigenvalue weighted by molar-refractivity contribution is 5.59. The molecule has 1 fully saturated rings. The van der Waals surface area contributed by atoms with Gasteiger partial charge in [0, 0.05) is 30.8 Å². The molecule has 2 aromatic rings. The van der Waals surface area contributed by atoms with E-state index in [-0.39, 0.29) is 0 Å².